The molecule has 29 heavy (non-hydrogen) atoms. The van der Waals surface area contributed by atoms with Crippen LogP contribution in [-0.4, -0.2) is 4.98 Å². The SMILES string of the molecule is Cc1cc2c(ccc3oc4c(-c5cc(CC(C)(C)C)c(C)cn5)cccc4c32)s1. The second-order valence-electron chi connectivity index (χ2n) is 9.23. The zero-order valence-corrected chi connectivity index (χ0v) is 18.4. The third kappa shape index (κ3) is 3.14. The first-order chi connectivity index (χ1) is 13.8. The van der Waals surface area contributed by atoms with Gasteiger partial charge in [0.05, 0.1) is 5.69 Å². The molecule has 3 aromatic heterocycles. The van der Waals surface area contributed by atoms with E-state index in [1.807, 2.05) is 17.5 Å². The van der Waals surface area contributed by atoms with Crippen molar-refractivity contribution in [3.05, 3.63) is 64.7 Å². The van der Waals surface area contributed by atoms with Crippen LogP contribution in [0.5, 0.6) is 0 Å². The van der Waals surface area contributed by atoms with Gasteiger partial charge in [0.15, 0.2) is 0 Å². The minimum absolute atomic E-state index is 0.233. The summed E-state index contributed by atoms with van der Waals surface area (Å²) in [5, 5.41) is 3.66. The Morgan fingerprint density at radius 1 is 1.00 bits per heavy atom. The van der Waals surface area contributed by atoms with Crippen LogP contribution >= 0.6 is 11.3 Å². The average Bonchev–Trinajstić information content (AvgIpc) is 3.21. The number of rotatable bonds is 2. The number of para-hydroxylation sites is 1. The lowest BCUT2D eigenvalue weighted by Gasteiger charge is -2.20. The zero-order chi connectivity index (χ0) is 20.3. The fraction of sp³-hybridized carbons (Fsp3) is 0.269. The summed E-state index contributed by atoms with van der Waals surface area (Å²) in [6.07, 6.45) is 3.03. The van der Waals surface area contributed by atoms with Crippen LogP contribution in [0.3, 0.4) is 0 Å². The third-order valence-corrected chi connectivity index (χ3v) is 6.51. The maximum Gasteiger partial charge on any atom is 0.144 e. The van der Waals surface area contributed by atoms with Crippen molar-refractivity contribution in [1.29, 1.82) is 0 Å². The molecule has 0 bridgehead atoms. The number of hydrogen-bond donors (Lipinski definition) is 0. The van der Waals surface area contributed by atoms with Gasteiger partial charge in [-0.2, -0.15) is 0 Å². The molecule has 5 rings (SSSR count). The monoisotopic (exact) mass is 399 g/mol. The second-order valence-corrected chi connectivity index (χ2v) is 10.5. The third-order valence-electron chi connectivity index (χ3n) is 5.49. The number of nitrogens with zero attached hydrogens (tertiary/aromatic N) is 1. The Morgan fingerprint density at radius 3 is 2.62 bits per heavy atom. The summed E-state index contributed by atoms with van der Waals surface area (Å²) in [5.74, 6) is 0. The molecule has 0 radical (unpaired) electrons. The number of benzene rings is 2. The molecule has 3 heteroatoms. The Kier molecular flexibility index (Phi) is 4.08. The van der Waals surface area contributed by atoms with Crippen LogP contribution in [0.4, 0.5) is 0 Å². The summed E-state index contributed by atoms with van der Waals surface area (Å²) >= 11 is 1.83. The number of hydrogen-bond acceptors (Lipinski definition) is 3. The number of aromatic nitrogens is 1. The summed E-state index contributed by atoms with van der Waals surface area (Å²) < 4.78 is 7.70. The Morgan fingerprint density at radius 2 is 1.83 bits per heavy atom. The lowest BCUT2D eigenvalue weighted by Crippen LogP contribution is -2.10. The van der Waals surface area contributed by atoms with E-state index in [1.165, 1.54) is 36.9 Å². The zero-order valence-electron chi connectivity index (χ0n) is 17.6. The van der Waals surface area contributed by atoms with Gasteiger partial charge in [-0.15, -0.1) is 11.3 Å². The minimum atomic E-state index is 0.233. The molecule has 0 saturated carbocycles. The van der Waals surface area contributed by atoms with E-state index in [0.717, 1.165) is 28.8 Å². The van der Waals surface area contributed by atoms with E-state index in [4.69, 9.17) is 9.40 Å². The van der Waals surface area contributed by atoms with Gasteiger partial charge in [0.1, 0.15) is 11.2 Å². The number of furan rings is 1. The highest BCUT2D eigenvalue weighted by atomic mass is 32.1. The largest absolute Gasteiger partial charge is 0.455 e. The van der Waals surface area contributed by atoms with E-state index in [1.54, 1.807) is 0 Å². The van der Waals surface area contributed by atoms with Crippen LogP contribution in [0.25, 0.3) is 43.3 Å². The fourth-order valence-electron chi connectivity index (χ4n) is 4.21. The van der Waals surface area contributed by atoms with Crippen molar-refractivity contribution in [1.82, 2.24) is 4.98 Å². The quantitative estimate of drug-likeness (QED) is 0.300. The van der Waals surface area contributed by atoms with Crippen molar-refractivity contribution in [2.24, 2.45) is 5.41 Å². The van der Waals surface area contributed by atoms with Gasteiger partial charge in [-0.3, -0.25) is 4.98 Å². The number of aryl methyl sites for hydroxylation is 2. The maximum absolute atomic E-state index is 6.39. The van der Waals surface area contributed by atoms with E-state index in [-0.39, 0.29) is 5.41 Å². The van der Waals surface area contributed by atoms with Gasteiger partial charge in [0, 0.05) is 37.5 Å². The van der Waals surface area contributed by atoms with E-state index >= 15 is 0 Å². The van der Waals surface area contributed by atoms with Crippen LogP contribution in [0, 0.1) is 19.3 Å². The topological polar surface area (TPSA) is 26.0 Å². The molecule has 0 aliphatic carbocycles. The molecule has 5 aromatic rings. The first-order valence-electron chi connectivity index (χ1n) is 10.1. The van der Waals surface area contributed by atoms with Crippen LogP contribution in [0.2, 0.25) is 0 Å². The van der Waals surface area contributed by atoms with Crippen molar-refractivity contribution in [3.8, 4) is 11.3 Å². The molecule has 0 fully saturated rings. The highest BCUT2D eigenvalue weighted by molar-refractivity contribution is 7.19. The number of thiophene rings is 1. The Hall–Kier alpha value is -2.65. The molecule has 2 aromatic carbocycles. The molecule has 0 atom stereocenters. The van der Waals surface area contributed by atoms with E-state index in [0.29, 0.717) is 0 Å². The molecule has 0 N–H and O–H groups in total. The smallest absolute Gasteiger partial charge is 0.144 e. The molecule has 0 aliphatic rings. The molecule has 0 unspecified atom stereocenters. The summed E-state index contributed by atoms with van der Waals surface area (Å²) in [7, 11) is 0. The van der Waals surface area contributed by atoms with Crippen molar-refractivity contribution in [2.75, 3.05) is 0 Å². The Labute approximate surface area is 175 Å². The molecule has 3 heterocycles. The van der Waals surface area contributed by atoms with Gasteiger partial charge in [0.25, 0.3) is 0 Å². The highest BCUT2D eigenvalue weighted by Crippen LogP contribution is 2.41. The van der Waals surface area contributed by atoms with Gasteiger partial charge >= 0.3 is 0 Å². The van der Waals surface area contributed by atoms with Crippen LogP contribution in [0.1, 0.15) is 36.8 Å². The molecular formula is C26H25NOS. The summed E-state index contributed by atoms with van der Waals surface area (Å²) in [6.45, 7) is 11.1. The van der Waals surface area contributed by atoms with Crippen molar-refractivity contribution in [3.63, 3.8) is 0 Å². The van der Waals surface area contributed by atoms with Gasteiger partial charge in [-0.05, 0) is 67.1 Å². The number of fused-ring (bicyclic) bond motifs is 5. The van der Waals surface area contributed by atoms with E-state index in [9.17, 15) is 0 Å². The van der Waals surface area contributed by atoms with Crippen molar-refractivity contribution >= 4 is 43.4 Å². The molecule has 146 valence electrons. The molecular weight excluding hydrogens is 374 g/mol. The second kappa shape index (κ2) is 6.43. The van der Waals surface area contributed by atoms with Crippen LogP contribution in [0.15, 0.2) is 53.1 Å². The normalized spacial score (nSPS) is 12.4. The summed E-state index contributed by atoms with van der Waals surface area (Å²) in [6, 6.07) is 15.2. The van der Waals surface area contributed by atoms with Gasteiger partial charge in [-0.25, -0.2) is 0 Å². The maximum atomic E-state index is 6.39. The molecule has 2 nitrogen and oxygen atoms in total. The standard InChI is InChI=1S/C26H25NOS/c1-15-14-27-21(12-17(15)13-26(3,4)5)18-7-6-8-19-24-20-11-16(2)29-23(20)10-9-22(24)28-25(18)19/h6-12,14H,13H2,1-5H3. The van der Waals surface area contributed by atoms with E-state index < -0.39 is 0 Å². The summed E-state index contributed by atoms with van der Waals surface area (Å²) in [5.41, 5.74) is 6.75. The van der Waals surface area contributed by atoms with Crippen molar-refractivity contribution < 1.29 is 4.42 Å². The molecule has 0 spiro atoms. The lowest BCUT2D eigenvalue weighted by atomic mass is 9.86. The lowest BCUT2D eigenvalue weighted by molar-refractivity contribution is 0.410. The van der Waals surface area contributed by atoms with E-state index in [2.05, 4.69) is 77.1 Å². The predicted molar refractivity (Wildman–Crippen MR) is 125 cm³/mol. The molecule has 0 aliphatic heterocycles. The molecule has 0 saturated heterocycles. The van der Waals surface area contributed by atoms with Crippen molar-refractivity contribution in [2.45, 2.75) is 41.0 Å². The average molecular weight is 400 g/mol. The highest BCUT2D eigenvalue weighted by Gasteiger charge is 2.18. The number of pyridine rings is 1. The minimum Gasteiger partial charge on any atom is -0.455 e. The van der Waals surface area contributed by atoms with Crippen LogP contribution < -0.4 is 0 Å². The van der Waals surface area contributed by atoms with Gasteiger partial charge < -0.3 is 4.42 Å². The van der Waals surface area contributed by atoms with Gasteiger partial charge in [-0.1, -0.05) is 32.9 Å². The van der Waals surface area contributed by atoms with Crippen LogP contribution in [-0.2, 0) is 6.42 Å². The Bertz CT molecular complexity index is 1380. The first-order valence-corrected chi connectivity index (χ1v) is 10.9. The summed E-state index contributed by atoms with van der Waals surface area (Å²) in [4.78, 5) is 6.09. The fourth-order valence-corrected chi connectivity index (χ4v) is 5.14. The van der Waals surface area contributed by atoms with Gasteiger partial charge in [0.2, 0.25) is 0 Å². The predicted octanol–water partition coefficient (Wildman–Crippen LogP) is 8.07. The molecule has 0 amide bonds. The first kappa shape index (κ1) is 18.4. The Balaban J connectivity index is 1.76.